The van der Waals surface area contributed by atoms with Gasteiger partial charge in [-0.05, 0) is 51.1 Å². The van der Waals surface area contributed by atoms with Crippen molar-refractivity contribution in [3.8, 4) is 17.1 Å². The molecule has 3 rings (SSSR count). The van der Waals surface area contributed by atoms with E-state index in [9.17, 15) is 4.79 Å². The zero-order valence-electron chi connectivity index (χ0n) is 14.2. The summed E-state index contributed by atoms with van der Waals surface area (Å²) in [4.78, 5) is 18.1. The van der Waals surface area contributed by atoms with Crippen LogP contribution in [0.15, 0.2) is 36.7 Å². The molecule has 2 aromatic rings. The molecule has 24 heavy (non-hydrogen) atoms. The second kappa shape index (κ2) is 7.05. The number of ether oxygens (including phenoxy) is 1. The molecule has 0 aliphatic carbocycles. The normalized spacial score (nSPS) is 17.6. The number of piperidine rings is 1. The van der Waals surface area contributed by atoms with Gasteiger partial charge in [0.1, 0.15) is 23.7 Å². The van der Waals surface area contributed by atoms with E-state index in [2.05, 4.69) is 16.9 Å². The first-order valence-corrected chi connectivity index (χ1v) is 8.32. The Morgan fingerprint density at radius 1 is 1.29 bits per heavy atom. The molecular formula is C18H24N4O2. The molecule has 1 aromatic carbocycles. The van der Waals surface area contributed by atoms with Crippen LogP contribution in [-0.2, 0) is 4.79 Å². The zero-order chi connectivity index (χ0) is 17.1. The van der Waals surface area contributed by atoms with Crippen LogP contribution in [0.3, 0.4) is 0 Å². The molecule has 1 aromatic heterocycles. The van der Waals surface area contributed by atoms with Gasteiger partial charge in [0.05, 0.1) is 0 Å². The van der Waals surface area contributed by atoms with Crippen LogP contribution >= 0.6 is 0 Å². The first-order chi connectivity index (χ1) is 11.5. The number of likely N-dealkylation sites (tertiary alicyclic amines) is 1. The van der Waals surface area contributed by atoms with Crippen molar-refractivity contribution in [1.82, 2.24) is 14.5 Å². The number of primary amides is 1. The molecule has 0 spiro atoms. The smallest absolute Gasteiger partial charge is 0.240 e. The number of nitrogens with two attached hydrogens (primary N) is 1. The lowest BCUT2D eigenvalue weighted by Gasteiger charge is -2.29. The van der Waals surface area contributed by atoms with E-state index in [4.69, 9.17) is 10.5 Å². The van der Waals surface area contributed by atoms with Crippen molar-refractivity contribution in [1.29, 1.82) is 0 Å². The maximum atomic E-state index is 11.4. The second-order valence-electron chi connectivity index (χ2n) is 6.38. The predicted octanol–water partition coefficient (Wildman–Crippen LogP) is 2.07. The molecule has 1 aliphatic rings. The highest BCUT2D eigenvalue weighted by Crippen LogP contribution is 2.25. The van der Waals surface area contributed by atoms with Crippen molar-refractivity contribution in [2.24, 2.45) is 5.73 Å². The number of nitrogens with zero attached hydrogens (tertiary/aromatic N) is 3. The molecule has 1 amide bonds. The predicted molar refractivity (Wildman–Crippen MR) is 92.7 cm³/mol. The van der Waals surface area contributed by atoms with E-state index < -0.39 is 6.04 Å². The summed E-state index contributed by atoms with van der Waals surface area (Å²) in [5, 5.41) is 0. The molecule has 1 aliphatic heterocycles. The van der Waals surface area contributed by atoms with Gasteiger partial charge >= 0.3 is 0 Å². The maximum Gasteiger partial charge on any atom is 0.240 e. The number of hydrogen-bond donors (Lipinski definition) is 1. The fourth-order valence-electron chi connectivity index (χ4n) is 2.96. The Labute approximate surface area is 142 Å². The fourth-order valence-corrected chi connectivity index (χ4v) is 2.96. The highest BCUT2D eigenvalue weighted by atomic mass is 16.5. The minimum absolute atomic E-state index is 0.281. The first-order valence-electron chi connectivity index (χ1n) is 8.32. The van der Waals surface area contributed by atoms with E-state index in [1.54, 1.807) is 23.9 Å². The van der Waals surface area contributed by atoms with Gasteiger partial charge in [-0.3, -0.25) is 4.79 Å². The van der Waals surface area contributed by atoms with Crippen LogP contribution in [0.1, 0.15) is 25.8 Å². The highest BCUT2D eigenvalue weighted by molar-refractivity contribution is 5.78. The Morgan fingerprint density at radius 2 is 1.96 bits per heavy atom. The van der Waals surface area contributed by atoms with Gasteiger partial charge in [-0.1, -0.05) is 0 Å². The van der Waals surface area contributed by atoms with Crippen molar-refractivity contribution in [3.63, 3.8) is 0 Å². The van der Waals surface area contributed by atoms with Crippen LogP contribution in [0.2, 0.25) is 0 Å². The molecule has 0 radical (unpaired) electrons. The minimum Gasteiger partial charge on any atom is -0.490 e. The lowest BCUT2D eigenvalue weighted by molar-refractivity contribution is -0.120. The van der Waals surface area contributed by atoms with Gasteiger partial charge in [0.15, 0.2) is 0 Å². The van der Waals surface area contributed by atoms with Crippen molar-refractivity contribution in [2.75, 3.05) is 20.1 Å². The second-order valence-corrected chi connectivity index (χ2v) is 6.38. The molecule has 6 heteroatoms. The standard InChI is InChI=1S/C18H24N4O2/c1-13(17(19)23)22-12-9-20-18(22)14-3-5-15(6-4-14)24-16-7-10-21(2)11-8-16/h3-6,9,12-13,16H,7-8,10-11H2,1-2H3,(H2,19,23). The molecule has 1 atom stereocenters. The molecule has 1 saturated heterocycles. The monoisotopic (exact) mass is 328 g/mol. The molecule has 1 unspecified atom stereocenters. The zero-order valence-corrected chi connectivity index (χ0v) is 14.2. The SMILES string of the molecule is CC(C(N)=O)n1ccnc1-c1ccc(OC2CCN(C)CC2)cc1. The lowest BCUT2D eigenvalue weighted by atomic mass is 10.1. The third kappa shape index (κ3) is 3.59. The van der Waals surface area contributed by atoms with E-state index in [0.29, 0.717) is 0 Å². The molecule has 0 bridgehead atoms. The molecular weight excluding hydrogens is 304 g/mol. The summed E-state index contributed by atoms with van der Waals surface area (Å²) < 4.78 is 7.85. The van der Waals surface area contributed by atoms with Gasteiger partial charge in [-0.15, -0.1) is 0 Å². The average Bonchev–Trinajstić information content (AvgIpc) is 3.06. The van der Waals surface area contributed by atoms with E-state index in [1.165, 1.54) is 0 Å². The van der Waals surface area contributed by atoms with Crippen LogP contribution < -0.4 is 10.5 Å². The lowest BCUT2D eigenvalue weighted by Crippen LogP contribution is -2.35. The van der Waals surface area contributed by atoms with Crippen LogP contribution in [-0.4, -0.2) is 46.6 Å². The maximum absolute atomic E-state index is 11.4. The van der Waals surface area contributed by atoms with Crippen LogP contribution in [0.25, 0.3) is 11.4 Å². The number of carbonyl (C=O) groups excluding carboxylic acids is 1. The van der Waals surface area contributed by atoms with E-state index in [1.807, 2.05) is 24.3 Å². The van der Waals surface area contributed by atoms with E-state index in [-0.39, 0.29) is 12.0 Å². The van der Waals surface area contributed by atoms with Crippen molar-refractivity contribution in [2.45, 2.75) is 31.9 Å². The van der Waals surface area contributed by atoms with Crippen LogP contribution in [0.4, 0.5) is 0 Å². The van der Waals surface area contributed by atoms with Gasteiger partial charge in [-0.25, -0.2) is 4.98 Å². The fraction of sp³-hybridized carbons (Fsp3) is 0.444. The molecule has 128 valence electrons. The summed E-state index contributed by atoms with van der Waals surface area (Å²) in [6, 6.07) is 7.43. The van der Waals surface area contributed by atoms with Crippen LogP contribution in [0, 0.1) is 0 Å². The van der Waals surface area contributed by atoms with Gasteiger partial charge in [-0.2, -0.15) is 0 Å². The molecule has 1 fully saturated rings. The Bertz CT molecular complexity index is 687. The summed E-state index contributed by atoms with van der Waals surface area (Å²) in [6.45, 7) is 3.92. The third-order valence-corrected chi connectivity index (χ3v) is 4.58. The number of hydrogen-bond acceptors (Lipinski definition) is 4. The number of benzene rings is 1. The molecule has 2 heterocycles. The van der Waals surface area contributed by atoms with Gasteiger partial charge in [0, 0.05) is 31.0 Å². The third-order valence-electron chi connectivity index (χ3n) is 4.58. The topological polar surface area (TPSA) is 73.4 Å². The summed E-state index contributed by atoms with van der Waals surface area (Å²) in [6.07, 6.45) is 5.84. The average molecular weight is 328 g/mol. The number of aromatic nitrogens is 2. The number of carbonyl (C=O) groups is 1. The minimum atomic E-state index is -0.433. The summed E-state index contributed by atoms with van der Waals surface area (Å²) in [5.74, 6) is 1.22. The Kier molecular flexibility index (Phi) is 4.85. The van der Waals surface area contributed by atoms with E-state index >= 15 is 0 Å². The van der Waals surface area contributed by atoms with E-state index in [0.717, 1.165) is 43.1 Å². The summed E-state index contributed by atoms with van der Waals surface area (Å²) >= 11 is 0. The molecule has 0 saturated carbocycles. The summed E-state index contributed by atoms with van der Waals surface area (Å²) in [5.41, 5.74) is 6.34. The van der Waals surface area contributed by atoms with Gasteiger partial charge in [0.25, 0.3) is 0 Å². The van der Waals surface area contributed by atoms with Crippen molar-refractivity contribution in [3.05, 3.63) is 36.7 Å². The quantitative estimate of drug-likeness (QED) is 0.912. The highest BCUT2D eigenvalue weighted by Gasteiger charge is 2.19. The largest absolute Gasteiger partial charge is 0.490 e. The molecule has 2 N–H and O–H groups in total. The number of amides is 1. The number of imidazole rings is 1. The van der Waals surface area contributed by atoms with Crippen molar-refractivity contribution < 1.29 is 9.53 Å². The Balaban J connectivity index is 1.71. The van der Waals surface area contributed by atoms with Crippen LogP contribution in [0.5, 0.6) is 5.75 Å². The Hall–Kier alpha value is -2.34. The number of rotatable bonds is 5. The summed E-state index contributed by atoms with van der Waals surface area (Å²) in [7, 11) is 2.14. The van der Waals surface area contributed by atoms with Gasteiger partial charge in [0.2, 0.25) is 5.91 Å². The Morgan fingerprint density at radius 3 is 2.58 bits per heavy atom. The molecule has 6 nitrogen and oxygen atoms in total. The van der Waals surface area contributed by atoms with Gasteiger partial charge < -0.3 is 19.9 Å². The first kappa shape index (κ1) is 16.5. The van der Waals surface area contributed by atoms with Crippen molar-refractivity contribution >= 4 is 5.91 Å².